The Morgan fingerprint density at radius 3 is 2.82 bits per heavy atom. The summed E-state index contributed by atoms with van der Waals surface area (Å²) in [5.74, 6) is -0.572. The maximum absolute atomic E-state index is 10.8. The van der Waals surface area contributed by atoms with Gasteiger partial charge in [-0.1, -0.05) is 6.92 Å². The van der Waals surface area contributed by atoms with Gasteiger partial charge in [-0.2, -0.15) is 0 Å². The summed E-state index contributed by atoms with van der Waals surface area (Å²) >= 11 is 0. The number of aliphatic hydroxyl groups excluding tert-OH is 1. The Bertz CT molecular complexity index is 116. The van der Waals surface area contributed by atoms with Crippen molar-refractivity contribution in [3.05, 3.63) is 0 Å². The summed E-state index contributed by atoms with van der Waals surface area (Å²) in [4.78, 5) is 10.8. The number of carbonyl (C=O) groups is 1. The highest BCUT2D eigenvalue weighted by atomic mass is 16.5. The molecule has 11 heavy (non-hydrogen) atoms. The molecule has 0 saturated carbocycles. The fraction of sp³-hybridized carbons (Fsp3) is 0.857. The monoisotopic (exact) mass is 161 g/mol. The van der Waals surface area contributed by atoms with Crippen LogP contribution in [0.1, 0.15) is 19.8 Å². The lowest BCUT2D eigenvalue weighted by Crippen LogP contribution is -2.25. The van der Waals surface area contributed by atoms with Gasteiger partial charge in [-0.05, 0) is 19.4 Å². The molecule has 0 aliphatic rings. The van der Waals surface area contributed by atoms with Gasteiger partial charge >= 0.3 is 5.97 Å². The second kappa shape index (κ2) is 6.12. The van der Waals surface area contributed by atoms with Crippen molar-refractivity contribution in [3.8, 4) is 0 Å². The SMILES string of the molecule is CCCOC(=O)C(O)CCN. The molecule has 4 heteroatoms. The Labute approximate surface area is 66.3 Å². The topological polar surface area (TPSA) is 72.5 Å². The van der Waals surface area contributed by atoms with Crippen LogP contribution in [0.2, 0.25) is 0 Å². The normalized spacial score (nSPS) is 12.6. The summed E-state index contributed by atoms with van der Waals surface area (Å²) in [6.07, 6.45) is -0.0181. The van der Waals surface area contributed by atoms with Crippen LogP contribution >= 0.6 is 0 Å². The second-order valence-electron chi connectivity index (χ2n) is 2.26. The molecule has 0 aromatic heterocycles. The summed E-state index contributed by atoms with van der Waals surface area (Å²) < 4.78 is 4.66. The van der Waals surface area contributed by atoms with Gasteiger partial charge in [-0.15, -0.1) is 0 Å². The molecule has 0 spiro atoms. The van der Waals surface area contributed by atoms with E-state index in [-0.39, 0.29) is 6.42 Å². The molecule has 1 atom stereocenters. The van der Waals surface area contributed by atoms with Gasteiger partial charge in [0.25, 0.3) is 0 Å². The highest BCUT2D eigenvalue weighted by molar-refractivity contribution is 5.74. The van der Waals surface area contributed by atoms with Gasteiger partial charge in [0.05, 0.1) is 6.61 Å². The number of rotatable bonds is 5. The van der Waals surface area contributed by atoms with E-state index in [0.717, 1.165) is 6.42 Å². The Morgan fingerprint density at radius 2 is 2.36 bits per heavy atom. The fourth-order valence-corrected chi connectivity index (χ4v) is 0.575. The average Bonchev–Trinajstić information content (AvgIpc) is 2.00. The van der Waals surface area contributed by atoms with Crippen LogP contribution in [0.5, 0.6) is 0 Å². The first-order valence-corrected chi connectivity index (χ1v) is 3.77. The van der Waals surface area contributed by atoms with Crippen molar-refractivity contribution in [2.75, 3.05) is 13.2 Å². The lowest BCUT2D eigenvalue weighted by molar-refractivity contribution is -0.153. The minimum Gasteiger partial charge on any atom is -0.464 e. The number of hydrogen-bond donors (Lipinski definition) is 2. The molecule has 0 heterocycles. The van der Waals surface area contributed by atoms with Crippen LogP contribution in [0.3, 0.4) is 0 Å². The number of esters is 1. The highest BCUT2D eigenvalue weighted by Gasteiger charge is 2.14. The number of carbonyl (C=O) groups excluding carboxylic acids is 1. The van der Waals surface area contributed by atoms with E-state index in [4.69, 9.17) is 10.8 Å². The van der Waals surface area contributed by atoms with Gasteiger partial charge < -0.3 is 15.6 Å². The first-order chi connectivity index (χ1) is 5.22. The zero-order valence-corrected chi connectivity index (χ0v) is 6.75. The molecule has 0 rings (SSSR count). The molecule has 0 amide bonds. The quantitative estimate of drug-likeness (QED) is 0.540. The third kappa shape index (κ3) is 4.75. The number of ether oxygens (including phenoxy) is 1. The zero-order valence-electron chi connectivity index (χ0n) is 6.75. The van der Waals surface area contributed by atoms with Gasteiger partial charge in [0.1, 0.15) is 0 Å². The van der Waals surface area contributed by atoms with Crippen LogP contribution in [0, 0.1) is 0 Å². The van der Waals surface area contributed by atoms with Crippen LogP contribution in [0.4, 0.5) is 0 Å². The molecular weight excluding hydrogens is 146 g/mol. The first-order valence-electron chi connectivity index (χ1n) is 3.77. The maximum Gasteiger partial charge on any atom is 0.335 e. The molecular formula is C7H15NO3. The van der Waals surface area contributed by atoms with Gasteiger partial charge in [-0.3, -0.25) is 0 Å². The van der Waals surface area contributed by atoms with Crippen LogP contribution < -0.4 is 5.73 Å². The van der Waals surface area contributed by atoms with Crippen molar-refractivity contribution in [1.29, 1.82) is 0 Å². The average molecular weight is 161 g/mol. The van der Waals surface area contributed by atoms with Gasteiger partial charge in [0, 0.05) is 0 Å². The molecule has 0 aliphatic carbocycles. The Balaban J connectivity index is 3.47. The van der Waals surface area contributed by atoms with Crippen LogP contribution in [0.15, 0.2) is 0 Å². The number of nitrogens with two attached hydrogens (primary N) is 1. The molecule has 0 saturated heterocycles. The second-order valence-corrected chi connectivity index (χ2v) is 2.26. The predicted octanol–water partition coefficient (Wildman–Crippen LogP) is -0.351. The zero-order chi connectivity index (χ0) is 8.69. The predicted molar refractivity (Wildman–Crippen MR) is 40.9 cm³/mol. The standard InChI is InChI=1S/C7H15NO3/c1-2-5-11-7(10)6(9)3-4-8/h6,9H,2-5,8H2,1H3. The number of hydrogen-bond acceptors (Lipinski definition) is 4. The van der Waals surface area contributed by atoms with Crippen molar-refractivity contribution < 1.29 is 14.6 Å². The smallest absolute Gasteiger partial charge is 0.335 e. The first kappa shape index (κ1) is 10.4. The van der Waals surface area contributed by atoms with Gasteiger partial charge in [0.15, 0.2) is 6.10 Å². The van der Waals surface area contributed by atoms with Crippen LogP contribution in [-0.4, -0.2) is 30.3 Å². The Kier molecular flexibility index (Phi) is 5.78. The molecule has 1 unspecified atom stereocenters. The molecule has 66 valence electrons. The molecule has 3 N–H and O–H groups in total. The van der Waals surface area contributed by atoms with E-state index < -0.39 is 12.1 Å². The molecule has 0 aromatic carbocycles. The minimum absolute atomic E-state index is 0.266. The number of aliphatic hydroxyl groups is 1. The van der Waals surface area contributed by atoms with Crippen molar-refractivity contribution >= 4 is 5.97 Å². The largest absolute Gasteiger partial charge is 0.464 e. The third-order valence-corrected chi connectivity index (χ3v) is 1.16. The van der Waals surface area contributed by atoms with Crippen molar-refractivity contribution in [3.63, 3.8) is 0 Å². The lowest BCUT2D eigenvalue weighted by Gasteiger charge is -2.07. The van der Waals surface area contributed by atoms with E-state index in [1.165, 1.54) is 0 Å². The molecule has 4 nitrogen and oxygen atoms in total. The van der Waals surface area contributed by atoms with E-state index in [2.05, 4.69) is 4.74 Å². The summed E-state index contributed by atoms with van der Waals surface area (Å²) in [5, 5.41) is 8.99. The van der Waals surface area contributed by atoms with Gasteiger partial charge in [-0.25, -0.2) is 4.79 Å². The van der Waals surface area contributed by atoms with Crippen LogP contribution in [0.25, 0.3) is 0 Å². The highest BCUT2D eigenvalue weighted by Crippen LogP contribution is 1.93. The molecule has 0 radical (unpaired) electrons. The molecule has 0 aliphatic heterocycles. The van der Waals surface area contributed by atoms with Crippen LogP contribution in [-0.2, 0) is 9.53 Å². The van der Waals surface area contributed by atoms with E-state index in [0.29, 0.717) is 13.2 Å². The van der Waals surface area contributed by atoms with Crippen molar-refractivity contribution in [1.82, 2.24) is 0 Å². The van der Waals surface area contributed by atoms with E-state index in [1.807, 2.05) is 6.92 Å². The molecule has 0 aromatic rings. The maximum atomic E-state index is 10.8. The third-order valence-electron chi connectivity index (χ3n) is 1.16. The van der Waals surface area contributed by atoms with E-state index >= 15 is 0 Å². The Hall–Kier alpha value is -0.610. The van der Waals surface area contributed by atoms with Crippen molar-refractivity contribution in [2.24, 2.45) is 5.73 Å². The summed E-state index contributed by atoms with van der Waals surface area (Å²) in [6, 6.07) is 0. The summed E-state index contributed by atoms with van der Waals surface area (Å²) in [7, 11) is 0. The summed E-state index contributed by atoms with van der Waals surface area (Å²) in [6.45, 7) is 2.55. The lowest BCUT2D eigenvalue weighted by atomic mass is 10.2. The van der Waals surface area contributed by atoms with Gasteiger partial charge in [0.2, 0.25) is 0 Å². The Morgan fingerprint density at radius 1 is 1.73 bits per heavy atom. The molecule has 0 bridgehead atoms. The fourth-order valence-electron chi connectivity index (χ4n) is 0.575. The summed E-state index contributed by atoms with van der Waals surface area (Å²) in [5.41, 5.74) is 5.13. The molecule has 0 fully saturated rings. The minimum atomic E-state index is -1.05. The van der Waals surface area contributed by atoms with Crippen molar-refractivity contribution in [2.45, 2.75) is 25.9 Å². The van der Waals surface area contributed by atoms with E-state index in [1.54, 1.807) is 0 Å². The van der Waals surface area contributed by atoms with E-state index in [9.17, 15) is 4.79 Å².